The number of carbonyl (C=O) groups excluding carboxylic acids is 2. The molecular formula is C18H24BrFN2O3. The molecule has 1 atom stereocenters. The molecule has 0 N–H and O–H groups in total. The molecule has 138 valence electrons. The Kier molecular flexibility index (Phi) is 5.76. The van der Waals surface area contributed by atoms with Gasteiger partial charge in [-0.1, -0.05) is 15.9 Å². The van der Waals surface area contributed by atoms with Gasteiger partial charge in [0, 0.05) is 35.7 Å². The lowest BCUT2D eigenvalue weighted by atomic mass is 10.1. The van der Waals surface area contributed by atoms with Crippen LogP contribution in [0.1, 0.15) is 43.6 Å². The van der Waals surface area contributed by atoms with Crippen LogP contribution in [0.2, 0.25) is 0 Å². The molecule has 1 aromatic carbocycles. The average Bonchev–Trinajstić information content (AvgIpc) is 2.49. The lowest BCUT2D eigenvalue weighted by molar-refractivity contribution is 0.00198. The average molecular weight is 415 g/mol. The lowest BCUT2D eigenvalue weighted by Gasteiger charge is -2.40. The molecule has 0 saturated carbocycles. The van der Waals surface area contributed by atoms with Gasteiger partial charge in [-0.3, -0.25) is 4.79 Å². The number of ether oxygens (including phenoxy) is 1. The van der Waals surface area contributed by atoms with E-state index in [9.17, 15) is 14.0 Å². The van der Waals surface area contributed by atoms with Crippen LogP contribution in [0.15, 0.2) is 16.6 Å². The van der Waals surface area contributed by atoms with Crippen LogP contribution in [0.5, 0.6) is 0 Å². The summed E-state index contributed by atoms with van der Waals surface area (Å²) in [5.74, 6) is -0.659. The molecule has 1 saturated heterocycles. The number of rotatable bonds is 1. The largest absolute Gasteiger partial charge is 0.444 e. The van der Waals surface area contributed by atoms with Crippen molar-refractivity contribution in [2.24, 2.45) is 0 Å². The van der Waals surface area contributed by atoms with E-state index in [1.807, 2.05) is 27.7 Å². The first kappa shape index (κ1) is 19.7. The predicted octanol–water partition coefficient (Wildman–Crippen LogP) is 3.98. The molecule has 2 rings (SSSR count). The zero-order valence-corrected chi connectivity index (χ0v) is 16.8. The van der Waals surface area contributed by atoms with Gasteiger partial charge in [-0.2, -0.15) is 0 Å². The van der Waals surface area contributed by atoms with Crippen LogP contribution in [0.4, 0.5) is 9.18 Å². The molecule has 1 aliphatic heterocycles. The molecule has 0 spiro atoms. The summed E-state index contributed by atoms with van der Waals surface area (Å²) in [6.45, 7) is 10.1. The van der Waals surface area contributed by atoms with Crippen LogP contribution in [-0.4, -0.2) is 53.1 Å². The third-order valence-electron chi connectivity index (χ3n) is 4.07. The first-order valence-corrected chi connectivity index (χ1v) is 9.03. The highest BCUT2D eigenvalue weighted by atomic mass is 79.9. The minimum absolute atomic E-state index is 0.175. The molecule has 1 heterocycles. The number of halogens is 2. The molecule has 2 amide bonds. The quantitative estimate of drug-likeness (QED) is 0.698. The van der Waals surface area contributed by atoms with Gasteiger partial charge in [0.05, 0.1) is 0 Å². The summed E-state index contributed by atoms with van der Waals surface area (Å²) < 4.78 is 19.9. The van der Waals surface area contributed by atoms with Gasteiger partial charge >= 0.3 is 6.09 Å². The third kappa shape index (κ3) is 4.71. The van der Waals surface area contributed by atoms with E-state index in [0.29, 0.717) is 35.2 Å². The summed E-state index contributed by atoms with van der Waals surface area (Å²) in [4.78, 5) is 28.2. The Balaban J connectivity index is 2.07. The Morgan fingerprint density at radius 1 is 1.28 bits per heavy atom. The van der Waals surface area contributed by atoms with Gasteiger partial charge < -0.3 is 14.5 Å². The second kappa shape index (κ2) is 7.32. The Morgan fingerprint density at radius 2 is 1.92 bits per heavy atom. The van der Waals surface area contributed by atoms with Crippen LogP contribution in [0, 0.1) is 12.7 Å². The molecule has 1 aromatic rings. The smallest absolute Gasteiger partial charge is 0.410 e. The highest BCUT2D eigenvalue weighted by molar-refractivity contribution is 9.10. The molecule has 0 radical (unpaired) electrons. The van der Waals surface area contributed by atoms with Crippen LogP contribution < -0.4 is 0 Å². The lowest BCUT2D eigenvalue weighted by Crippen LogP contribution is -2.56. The topological polar surface area (TPSA) is 49.9 Å². The van der Waals surface area contributed by atoms with Crippen molar-refractivity contribution < 1.29 is 18.7 Å². The highest BCUT2D eigenvalue weighted by Crippen LogP contribution is 2.23. The Bertz CT molecular complexity index is 664. The van der Waals surface area contributed by atoms with Gasteiger partial charge in [0.15, 0.2) is 0 Å². The van der Waals surface area contributed by atoms with E-state index < -0.39 is 11.4 Å². The molecule has 1 fully saturated rings. The number of piperazine rings is 1. The second-order valence-electron chi connectivity index (χ2n) is 7.34. The minimum atomic E-state index is -0.560. The van der Waals surface area contributed by atoms with E-state index in [2.05, 4.69) is 15.9 Å². The van der Waals surface area contributed by atoms with E-state index in [0.717, 1.165) is 0 Å². The number of hydrogen-bond donors (Lipinski definition) is 0. The predicted molar refractivity (Wildman–Crippen MR) is 97.1 cm³/mol. The van der Waals surface area contributed by atoms with Gasteiger partial charge in [0.2, 0.25) is 0 Å². The molecule has 0 unspecified atom stereocenters. The maximum absolute atomic E-state index is 13.9. The van der Waals surface area contributed by atoms with Crippen LogP contribution in [0.25, 0.3) is 0 Å². The third-order valence-corrected chi connectivity index (χ3v) is 4.89. The fourth-order valence-corrected chi connectivity index (χ4v) is 3.12. The summed E-state index contributed by atoms with van der Waals surface area (Å²) in [6.07, 6.45) is -0.378. The molecule has 0 aromatic heterocycles. The van der Waals surface area contributed by atoms with Crippen molar-refractivity contribution >= 4 is 27.9 Å². The first-order chi connectivity index (χ1) is 11.5. The molecular weight excluding hydrogens is 391 g/mol. The fraction of sp³-hybridized carbons (Fsp3) is 0.556. The van der Waals surface area contributed by atoms with Crippen molar-refractivity contribution in [1.82, 2.24) is 9.80 Å². The van der Waals surface area contributed by atoms with E-state index in [4.69, 9.17) is 4.74 Å². The van der Waals surface area contributed by atoms with Crippen LogP contribution >= 0.6 is 15.9 Å². The van der Waals surface area contributed by atoms with Crippen molar-refractivity contribution in [2.45, 2.75) is 46.3 Å². The Hall–Kier alpha value is -1.63. The number of hydrogen-bond acceptors (Lipinski definition) is 3. The zero-order valence-electron chi connectivity index (χ0n) is 15.2. The number of benzene rings is 1. The van der Waals surface area contributed by atoms with Crippen molar-refractivity contribution in [3.63, 3.8) is 0 Å². The van der Waals surface area contributed by atoms with Crippen molar-refractivity contribution in [3.05, 3.63) is 33.5 Å². The van der Waals surface area contributed by atoms with Crippen LogP contribution in [-0.2, 0) is 4.74 Å². The summed E-state index contributed by atoms with van der Waals surface area (Å²) in [7, 11) is 0. The molecule has 25 heavy (non-hydrogen) atoms. The number of nitrogens with zero attached hydrogens (tertiary/aromatic N) is 2. The van der Waals surface area contributed by atoms with Gasteiger partial charge in [-0.05, 0) is 52.3 Å². The molecule has 0 aliphatic carbocycles. The maximum atomic E-state index is 13.9. The SMILES string of the molecule is Cc1c(F)cc(C(=O)N2CCN(C(=O)OC(C)(C)C)[C@H](C)C2)cc1Br. The van der Waals surface area contributed by atoms with Crippen molar-refractivity contribution in [1.29, 1.82) is 0 Å². The molecule has 7 heteroatoms. The van der Waals surface area contributed by atoms with Gasteiger partial charge in [-0.15, -0.1) is 0 Å². The summed E-state index contributed by atoms with van der Waals surface area (Å²) >= 11 is 3.28. The summed E-state index contributed by atoms with van der Waals surface area (Å²) in [6, 6.07) is 2.71. The highest BCUT2D eigenvalue weighted by Gasteiger charge is 2.33. The zero-order chi connectivity index (χ0) is 18.9. The van der Waals surface area contributed by atoms with Gasteiger partial charge in [0.25, 0.3) is 5.91 Å². The monoisotopic (exact) mass is 414 g/mol. The number of carbonyl (C=O) groups is 2. The second-order valence-corrected chi connectivity index (χ2v) is 8.19. The van der Waals surface area contributed by atoms with Gasteiger partial charge in [-0.25, -0.2) is 9.18 Å². The molecule has 1 aliphatic rings. The van der Waals surface area contributed by atoms with Crippen LogP contribution in [0.3, 0.4) is 0 Å². The summed E-state index contributed by atoms with van der Waals surface area (Å²) in [5, 5.41) is 0. The normalized spacial score (nSPS) is 18.3. The van der Waals surface area contributed by atoms with Gasteiger partial charge in [0.1, 0.15) is 11.4 Å². The Morgan fingerprint density at radius 3 is 2.44 bits per heavy atom. The first-order valence-electron chi connectivity index (χ1n) is 8.24. The van der Waals surface area contributed by atoms with E-state index in [1.54, 1.807) is 22.8 Å². The molecule has 0 bridgehead atoms. The fourth-order valence-electron chi connectivity index (χ4n) is 2.69. The van der Waals surface area contributed by atoms with Crippen molar-refractivity contribution in [3.8, 4) is 0 Å². The molecule has 5 nitrogen and oxygen atoms in total. The summed E-state index contributed by atoms with van der Waals surface area (Å²) in [5.41, 5.74) is 0.211. The maximum Gasteiger partial charge on any atom is 0.410 e. The van der Waals surface area contributed by atoms with E-state index in [1.165, 1.54) is 6.07 Å². The minimum Gasteiger partial charge on any atom is -0.444 e. The van der Waals surface area contributed by atoms with E-state index in [-0.39, 0.29) is 18.0 Å². The number of amides is 2. The van der Waals surface area contributed by atoms with Crippen molar-refractivity contribution in [2.75, 3.05) is 19.6 Å². The van der Waals surface area contributed by atoms with E-state index >= 15 is 0 Å². The Labute approximate surface area is 156 Å². The standard InChI is InChI=1S/C18H24BrFN2O3/c1-11-10-21(6-7-22(11)17(24)25-18(3,4)5)16(23)13-8-14(19)12(2)15(20)9-13/h8-9,11H,6-7,10H2,1-5H3/t11-/m1/s1.